The molecule has 1 unspecified atom stereocenters. The van der Waals surface area contributed by atoms with E-state index < -0.39 is 0 Å². The summed E-state index contributed by atoms with van der Waals surface area (Å²) in [5.41, 5.74) is 5.09. The van der Waals surface area contributed by atoms with Crippen molar-refractivity contribution in [2.45, 2.75) is 25.3 Å². The lowest BCUT2D eigenvalue weighted by molar-refractivity contribution is 0.280. The van der Waals surface area contributed by atoms with Crippen molar-refractivity contribution in [2.75, 3.05) is 41.5 Å². The zero-order valence-electron chi connectivity index (χ0n) is 17.7. The summed E-state index contributed by atoms with van der Waals surface area (Å²) < 4.78 is 22.0. The highest BCUT2D eigenvalue weighted by Crippen LogP contribution is 2.43. The van der Waals surface area contributed by atoms with Crippen molar-refractivity contribution in [1.29, 1.82) is 0 Å². The Morgan fingerprint density at radius 3 is 1.83 bits per heavy atom. The van der Waals surface area contributed by atoms with Gasteiger partial charge in [-0.3, -0.25) is 4.90 Å². The molecule has 0 radical (unpaired) electrons. The third-order valence-corrected chi connectivity index (χ3v) is 6.13. The van der Waals surface area contributed by atoms with Crippen molar-refractivity contribution in [3.63, 3.8) is 0 Å². The molecule has 2 heterocycles. The second-order valence-electron chi connectivity index (χ2n) is 7.57. The standard InChI is InChI=1S/C24H29NO4/c1-26-21-9-7-16(12-23(21)28-3)19-14-18-6-5-11-25(18)15-20(19)17-8-10-22(27-2)24(13-17)29-4/h7-10,12-13,18H,5-6,11,14-15H2,1-4H3. The highest BCUT2D eigenvalue weighted by Gasteiger charge is 2.32. The van der Waals surface area contributed by atoms with E-state index in [1.54, 1.807) is 28.4 Å². The van der Waals surface area contributed by atoms with Gasteiger partial charge in [0.15, 0.2) is 23.0 Å². The van der Waals surface area contributed by atoms with Crippen LogP contribution < -0.4 is 18.9 Å². The number of hydrogen-bond donors (Lipinski definition) is 0. The quantitative estimate of drug-likeness (QED) is 0.720. The molecule has 1 saturated heterocycles. The van der Waals surface area contributed by atoms with Crippen LogP contribution in [-0.2, 0) is 0 Å². The Morgan fingerprint density at radius 1 is 0.724 bits per heavy atom. The molecule has 0 N–H and O–H groups in total. The van der Waals surface area contributed by atoms with Crippen LogP contribution in [0.1, 0.15) is 30.4 Å². The Kier molecular flexibility index (Phi) is 5.67. The van der Waals surface area contributed by atoms with Gasteiger partial charge in [-0.05, 0) is 72.3 Å². The fraction of sp³-hybridized carbons (Fsp3) is 0.417. The topological polar surface area (TPSA) is 40.2 Å². The summed E-state index contributed by atoms with van der Waals surface area (Å²) in [6.07, 6.45) is 3.57. The van der Waals surface area contributed by atoms with Gasteiger partial charge < -0.3 is 18.9 Å². The monoisotopic (exact) mass is 395 g/mol. The zero-order valence-corrected chi connectivity index (χ0v) is 17.7. The maximum atomic E-state index is 5.57. The molecular formula is C24H29NO4. The molecule has 1 atom stereocenters. The average Bonchev–Trinajstić information content (AvgIpc) is 3.24. The van der Waals surface area contributed by atoms with Gasteiger partial charge in [-0.2, -0.15) is 0 Å². The molecule has 29 heavy (non-hydrogen) atoms. The van der Waals surface area contributed by atoms with Crippen LogP contribution in [0.15, 0.2) is 36.4 Å². The Hall–Kier alpha value is -2.66. The molecule has 1 fully saturated rings. The molecule has 0 aromatic heterocycles. The van der Waals surface area contributed by atoms with Gasteiger partial charge >= 0.3 is 0 Å². The van der Waals surface area contributed by atoms with E-state index in [-0.39, 0.29) is 0 Å². The summed E-state index contributed by atoms with van der Waals surface area (Å²) in [5.74, 6) is 3.02. The van der Waals surface area contributed by atoms with Gasteiger partial charge in [-0.15, -0.1) is 0 Å². The predicted octanol–water partition coefficient (Wildman–Crippen LogP) is 4.50. The van der Waals surface area contributed by atoms with Gasteiger partial charge in [0.1, 0.15) is 0 Å². The van der Waals surface area contributed by atoms with Gasteiger partial charge in [-0.1, -0.05) is 12.1 Å². The van der Waals surface area contributed by atoms with E-state index in [0.29, 0.717) is 6.04 Å². The van der Waals surface area contributed by atoms with E-state index in [4.69, 9.17) is 18.9 Å². The van der Waals surface area contributed by atoms with Crippen molar-refractivity contribution in [3.8, 4) is 23.0 Å². The number of rotatable bonds is 6. The number of ether oxygens (including phenoxy) is 4. The third-order valence-electron chi connectivity index (χ3n) is 6.13. The lowest BCUT2D eigenvalue weighted by atomic mass is 9.86. The lowest BCUT2D eigenvalue weighted by Crippen LogP contribution is -2.35. The summed E-state index contributed by atoms with van der Waals surface area (Å²) in [4.78, 5) is 2.61. The van der Waals surface area contributed by atoms with Crippen molar-refractivity contribution in [3.05, 3.63) is 47.5 Å². The second kappa shape index (κ2) is 8.37. The summed E-state index contributed by atoms with van der Waals surface area (Å²) in [6, 6.07) is 13.1. The Morgan fingerprint density at radius 2 is 1.28 bits per heavy atom. The first-order chi connectivity index (χ1) is 14.2. The molecule has 0 amide bonds. The minimum atomic E-state index is 0.613. The Bertz CT molecular complexity index is 848. The van der Waals surface area contributed by atoms with Crippen molar-refractivity contribution in [2.24, 2.45) is 0 Å². The molecule has 154 valence electrons. The van der Waals surface area contributed by atoms with Gasteiger partial charge in [0.25, 0.3) is 0 Å². The Labute approximate surface area is 172 Å². The van der Waals surface area contributed by atoms with Gasteiger partial charge in [0.05, 0.1) is 28.4 Å². The van der Waals surface area contributed by atoms with Crippen LogP contribution in [0.4, 0.5) is 0 Å². The van der Waals surface area contributed by atoms with Crippen LogP contribution in [0.25, 0.3) is 11.1 Å². The number of benzene rings is 2. The third kappa shape index (κ3) is 3.67. The van der Waals surface area contributed by atoms with Crippen molar-refractivity contribution >= 4 is 11.1 Å². The Balaban J connectivity index is 1.84. The molecule has 2 aliphatic heterocycles. The number of nitrogens with zero attached hydrogens (tertiary/aromatic N) is 1. The molecule has 2 aromatic rings. The highest BCUT2D eigenvalue weighted by molar-refractivity contribution is 5.93. The van der Waals surface area contributed by atoms with E-state index in [9.17, 15) is 0 Å². The van der Waals surface area contributed by atoms with Crippen LogP contribution in [-0.4, -0.2) is 52.5 Å². The molecule has 2 aliphatic rings. The fourth-order valence-corrected chi connectivity index (χ4v) is 4.60. The largest absolute Gasteiger partial charge is 0.493 e. The first kappa shape index (κ1) is 19.6. The predicted molar refractivity (Wildman–Crippen MR) is 115 cm³/mol. The normalized spacial score (nSPS) is 19.1. The molecule has 5 heteroatoms. The van der Waals surface area contributed by atoms with E-state index >= 15 is 0 Å². The smallest absolute Gasteiger partial charge is 0.161 e. The van der Waals surface area contributed by atoms with E-state index in [1.165, 1.54) is 41.7 Å². The molecule has 0 saturated carbocycles. The fourth-order valence-electron chi connectivity index (χ4n) is 4.60. The maximum absolute atomic E-state index is 5.57. The van der Waals surface area contributed by atoms with E-state index in [1.807, 2.05) is 12.1 Å². The number of methoxy groups -OCH3 is 4. The van der Waals surface area contributed by atoms with Crippen LogP contribution in [0.3, 0.4) is 0 Å². The first-order valence-corrected chi connectivity index (χ1v) is 10.1. The summed E-state index contributed by atoms with van der Waals surface area (Å²) in [7, 11) is 6.71. The van der Waals surface area contributed by atoms with Crippen LogP contribution in [0, 0.1) is 0 Å². The molecule has 0 bridgehead atoms. The minimum Gasteiger partial charge on any atom is -0.493 e. The molecule has 0 aliphatic carbocycles. The molecule has 2 aromatic carbocycles. The molecule has 4 rings (SSSR count). The van der Waals surface area contributed by atoms with Crippen LogP contribution in [0.5, 0.6) is 23.0 Å². The molecule has 5 nitrogen and oxygen atoms in total. The second-order valence-corrected chi connectivity index (χ2v) is 7.57. The van der Waals surface area contributed by atoms with Crippen LogP contribution in [0.2, 0.25) is 0 Å². The number of fused-ring (bicyclic) bond motifs is 1. The summed E-state index contributed by atoms with van der Waals surface area (Å²) in [6.45, 7) is 2.12. The number of hydrogen-bond acceptors (Lipinski definition) is 5. The van der Waals surface area contributed by atoms with Crippen molar-refractivity contribution < 1.29 is 18.9 Å². The highest BCUT2D eigenvalue weighted by atomic mass is 16.5. The maximum Gasteiger partial charge on any atom is 0.161 e. The minimum absolute atomic E-state index is 0.613. The van der Waals surface area contributed by atoms with Gasteiger partial charge in [0, 0.05) is 12.6 Å². The van der Waals surface area contributed by atoms with Gasteiger partial charge in [0.2, 0.25) is 0 Å². The van der Waals surface area contributed by atoms with Gasteiger partial charge in [-0.25, -0.2) is 0 Å². The molecular weight excluding hydrogens is 366 g/mol. The SMILES string of the molecule is COc1ccc(C2=C(c3ccc(OC)c(OC)c3)CN3CCCC3C2)cc1OC. The average molecular weight is 395 g/mol. The van der Waals surface area contributed by atoms with E-state index in [0.717, 1.165) is 36.0 Å². The summed E-state index contributed by atoms with van der Waals surface area (Å²) >= 11 is 0. The van der Waals surface area contributed by atoms with E-state index in [2.05, 4.69) is 29.2 Å². The van der Waals surface area contributed by atoms with Crippen molar-refractivity contribution in [1.82, 2.24) is 4.90 Å². The van der Waals surface area contributed by atoms with Crippen LogP contribution >= 0.6 is 0 Å². The molecule has 0 spiro atoms. The summed E-state index contributed by atoms with van der Waals surface area (Å²) in [5, 5.41) is 0. The zero-order chi connectivity index (χ0) is 20.4. The first-order valence-electron chi connectivity index (χ1n) is 10.1. The lowest BCUT2D eigenvalue weighted by Gasteiger charge is -2.34.